The van der Waals surface area contributed by atoms with Crippen LogP contribution in [0.3, 0.4) is 0 Å². The summed E-state index contributed by atoms with van der Waals surface area (Å²) in [4.78, 5) is 26.3. The quantitative estimate of drug-likeness (QED) is 0.790. The van der Waals surface area contributed by atoms with E-state index < -0.39 is 17.8 Å². The first kappa shape index (κ1) is 13.8. The third-order valence-electron chi connectivity index (χ3n) is 3.99. The number of piperazine rings is 1. The minimum absolute atomic E-state index is 0.0134. The van der Waals surface area contributed by atoms with E-state index in [9.17, 15) is 19.1 Å². The largest absolute Gasteiger partial charge is 0.378 e. The fourth-order valence-corrected chi connectivity index (χ4v) is 2.76. The molecule has 0 bridgehead atoms. The predicted molar refractivity (Wildman–Crippen MR) is 74.5 cm³/mol. The van der Waals surface area contributed by atoms with Crippen LogP contribution in [-0.4, -0.2) is 48.0 Å². The second-order valence-corrected chi connectivity index (χ2v) is 5.28. The number of hydrogen-bond acceptors (Lipinski definition) is 4. The summed E-state index contributed by atoms with van der Waals surface area (Å²) in [7, 11) is 0. The number of halogens is 1. The van der Waals surface area contributed by atoms with Crippen LogP contribution >= 0.6 is 0 Å². The summed E-state index contributed by atoms with van der Waals surface area (Å²) < 4.78 is 14.2. The first-order chi connectivity index (χ1) is 9.97. The standard InChI is InChI=1S/C14H16FN3O3/c1-8(19)17-2-4-18(5-3-17)12-7-11-9(6-10(12)15)13(20)14(21)16-11/h6-7,13,20H,2-5H2,1H3,(H,16,21). The Balaban J connectivity index is 1.83. The molecule has 3 rings (SSSR count). The van der Waals surface area contributed by atoms with Gasteiger partial charge in [-0.05, 0) is 12.1 Å². The van der Waals surface area contributed by atoms with E-state index in [2.05, 4.69) is 5.32 Å². The first-order valence-corrected chi connectivity index (χ1v) is 6.80. The van der Waals surface area contributed by atoms with Crippen molar-refractivity contribution in [2.24, 2.45) is 0 Å². The summed E-state index contributed by atoms with van der Waals surface area (Å²) in [5.41, 5.74) is 1.09. The molecule has 1 saturated heterocycles. The summed E-state index contributed by atoms with van der Waals surface area (Å²) in [6, 6.07) is 2.74. The van der Waals surface area contributed by atoms with Gasteiger partial charge in [-0.15, -0.1) is 0 Å². The van der Waals surface area contributed by atoms with E-state index in [0.29, 0.717) is 37.6 Å². The molecule has 1 aromatic rings. The molecule has 1 atom stereocenters. The lowest BCUT2D eigenvalue weighted by Gasteiger charge is -2.35. The van der Waals surface area contributed by atoms with Crippen LogP contribution in [0.2, 0.25) is 0 Å². The van der Waals surface area contributed by atoms with Gasteiger partial charge in [0.25, 0.3) is 5.91 Å². The predicted octanol–water partition coefficient (Wildman–Crippen LogP) is 0.480. The highest BCUT2D eigenvalue weighted by molar-refractivity contribution is 6.02. The smallest absolute Gasteiger partial charge is 0.257 e. The third-order valence-corrected chi connectivity index (χ3v) is 3.99. The van der Waals surface area contributed by atoms with Crippen molar-refractivity contribution < 1.29 is 19.1 Å². The van der Waals surface area contributed by atoms with Gasteiger partial charge in [0.2, 0.25) is 5.91 Å². The normalized spacial score (nSPS) is 21.3. The van der Waals surface area contributed by atoms with Crippen molar-refractivity contribution in [2.75, 3.05) is 36.4 Å². The molecule has 0 radical (unpaired) electrons. The maximum atomic E-state index is 14.2. The van der Waals surface area contributed by atoms with Crippen LogP contribution in [0.25, 0.3) is 0 Å². The number of carbonyl (C=O) groups excluding carboxylic acids is 2. The minimum Gasteiger partial charge on any atom is -0.378 e. The van der Waals surface area contributed by atoms with Gasteiger partial charge in [0.15, 0.2) is 6.10 Å². The van der Waals surface area contributed by atoms with Gasteiger partial charge in [-0.1, -0.05) is 0 Å². The SMILES string of the molecule is CC(=O)N1CCN(c2cc3c(cc2F)C(O)C(=O)N3)CC1. The summed E-state index contributed by atoms with van der Waals surface area (Å²) in [6.07, 6.45) is -1.31. The Morgan fingerprint density at radius 3 is 2.62 bits per heavy atom. The number of anilines is 2. The molecule has 112 valence electrons. The van der Waals surface area contributed by atoms with Gasteiger partial charge in [0.1, 0.15) is 5.82 Å². The lowest BCUT2D eigenvalue weighted by molar-refractivity contribution is -0.129. The highest BCUT2D eigenvalue weighted by Gasteiger charge is 2.31. The van der Waals surface area contributed by atoms with E-state index in [-0.39, 0.29) is 11.5 Å². The molecular formula is C14H16FN3O3. The van der Waals surface area contributed by atoms with E-state index in [1.807, 2.05) is 4.90 Å². The summed E-state index contributed by atoms with van der Waals surface area (Å²) in [5, 5.41) is 12.2. The molecule has 21 heavy (non-hydrogen) atoms. The summed E-state index contributed by atoms with van der Waals surface area (Å²) in [5.74, 6) is -0.997. The molecule has 0 aliphatic carbocycles. The highest BCUT2D eigenvalue weighted by atomic mass is 19.1. The number of hydrogen-bond donors (Lipinski definition) is 2. The Labute approximate surface area is 121 Å². The number of nitrogens with one attached hydrogen (secondary N) is 1. The van der Waals surface area contributed by atoms with Crippen molar-refractivity contribution >= 4 is 23.2 Å². The number of nitrogens with zero attached hydrogens (tertiary/aromatic N) is 2. The van der Waals surface area contributed by atoms with Gasteiger partial charge in [-0.2, -0.15) is 0 Å². The second kappa shape index (κ2) is 5.00. The summed E-state index contributed by atoms with van der Waals surface area (Å²) >= 11 is 0. The van der Waals surface area contributed by atoms with E-state index in [0.717, 1.165) is 0 Å². The van der Waals surface area contributed by atoms with E-state index in [1.54, 1.807) is 11.0 Å². The summed E-state index contributed by atoms with van der Waals surface area (Å²) in [6.45, 7) is 3.67. The molecule has 7 heteroatoms. The van der Waals surface area contributed by atoms with Crippen molar-refractivity contribution in [1.29, 1.82) is 0 Å². The van der Waals surface area contributed by atoms with Crippen LogP contribution in [0.1, 0.15) is 18.6 Å². The molecule has 2 aliphatic rings. The van der Waals surface area contributed by atoms with Gasteiger partial charge in [0.05, 0.1) is 5.69 Å². The Hall–Kier alpha value is -2.15. The molecule has 1 fully saturated rings. The van der Waals surface area contributed by atoms with Gasteiger partial charge in [0, 0.05) is 44.4 Å². The number of amides is 2. The number of rotatable bonds is 1. The van der Waals surface area contributed by atoms with Crippen molar-refractivity contribution in [3.05, 3.63) is 23.5 Å². The molecule has 6 nitrogen and oxygen atoms in total. The molecule has 0 spiro atoms. The molecule has 2 aliphatic heterocycles. The zero-order chi connectivity index (χ0) is 15.1. The molecule has 2 N–H and O–H groups in total. The highest BCUT2D eigenvalue weighted by Crippen LogP contribution is 2.36. The topological polar surface area (TPSA) is 72.9 Å². The van der Waals surface area contributed by atoms with Crippen molar-refractivity contribution in [2.45, 2.75) is 13.0 Å². The number of fused-ring (bicyclic) bond motifs is 1. The molecular weight excluding hydrogens is 277 g/mol. The average molecular weight is 293 g/mol. The Morgan fingerprint density at radius 1 is 1.33 bits per heavy atom. The van der Waals surface area contributed by atoms with E-state index in [1.165, 1.54) is 13.0 Å². The molecule has 2 amide bonds. The minimum atomic E-state index is -1.31. The molecule has 2 heterocycles. The second-order valence-electron chi connectivity index (χ2n) is 5.28. The van der Waals surface area contributed by atoms with E-state index >= 15 is 0 Å². The van der Waals surface area contributed by atoms with Gasteiger partial charge < -0.3 is 20.2 Å². The van der Waals surface area contributed by atoms with Crippen molar-refractivity contribution in [3.8, 4) is 0 Å². The fourth-order valence-electron chi connectivity index (χ4n) is 2.76. The van der Waals surface area contributed by atoms with E-state index in [4.69, 9.17) is 0 Å². The van der Waals surface area contributed by atoms with Crippen LogP contribution in [0, 0.1) is 5.82 Å². The zero-order valence-electron chi connectivity index (χ0n) is 11.6. The lowest BCUT2D eigenvalue weighted by Crippen LogP contribution is -2.48. The number of aliphatic hydroxyl groups is 1. The van der Waals surface area contributed by atoms with Crippen molar-refractivity contribution in [3.63, 3.8) is 0 Å². The monoisotopic (exact) mass is 293 g/mol. The molecule has 1 unspecified atom stereocenters. The average Bonchev–Trinajstić information content (AvgIpc) is 2.73. The van der Waals surface area contributed by atoms with Crippen LogP contribution in [-0.2, 0) is 9.59 Å². The Morgan fingerprint density at radius 2 is 2.00 bits per heavy atom. The maximum absolute atomic E-state index is 14.2. The Bertz CT molecular complexity index is 612. The molecule has 0 saturated carbocycles. The number of carbonyl (C=O) groups is 2. The zero-order valence-corrected chi connectivity index (χ0v) is 11.6. The third kappa shape index (κ3) is 2.33. The first-order valence-electron chi connectivity index (χ1n) is 6.80. The van der Waals surface area contributed by atoms with Crippen LogP contribution < -0.4 is 10.2 Å². The lowest BCUT2D eigenvalue weighted by atomic mass is 10.1. The number of aliphatic hydroxyl groups excluding tert-OH is 1. The van der Waals surface area contributed by atoms with Crippen LogP contribution in [0.4, 0.5) is 15.8 Å². The van der Waals surface area contributed by atoms with Crippen LogP contribution in [0.5, 0.6) is 0 Å². The van der Waals surface area contributed by atoms with Gasteiger partial charge >= 0.3 is 0 Å². The maximum Gasteiger partial charge on any atom is 0.257 e. The van der Waals surface area contributed by atoms with Crippen LogP contribution in [0.15, 0.2) is 12.1 Å². The van der Waals surface area contributed by atoms with Gasteiger partial charge in [-0.25, -0.2) is 4.39 Å². The fraction of sp³-hybridized carbons (Fsp3) is 0.429. The molecule has 0 aromatic heterocycles. The van der Waals surface area contributed by atoms with Gasteiger partial charge in [-0.3, -0.25) is 9.59 Å². The van der Waals surface area contributed by atoms with Crippen molar-refractivity contribution in [1.82, 2.24) is 4.90 Å². The number of benzene rings is 1. The molecule has 1 aromatic carbocycles. The Kier molecular flexibility index (Phi) is 3.29.